The number of carbonyl (C=O) groups is 1. The number of aryl methyl sites for hydroxylation is 1. The molecule has 2 N–H and O–H groups in total. The van der Waals surface area contributed by atoms with Crippen molar-refractivity contribution >= 4 is 17.5 Å². The van der Waals surface area contributed by atoms with E-state index < -0.39 is 0 Å². The number of rotatable bonds is 4. The van der Waals surface area contributed by atoms with Gasteiger partial charge in [-0.05, 0) is 54.8 Å². The lowest BCUT2D eigenvalue weighted by Crippen LogP contribution is -2.29. The van der Waals surface area contributed by atoms with Crippen LogP contribution in [-0.4, -0.2) is 24.5 Å². The van der Waals surface area contributed by atoms with Crippen LogP contribution in [0.5, 0.6) is 5.75 Å². The first kappa shape index (κ1) is 16.7. The Morgan fingerprint density at radius 3 is 3.08 bits per heavy atom. The van der Waals surface area contributed by atoms with Gasteiger partial charge in [0.05, 0.1) is 12.7 Å². The van der Waals surface area contributed by atoms with E-state index in [1.807, 2.05) is 13.1 Å². The number of methoxy groups -OCH3 is 1. The van der Waals surface area contributed by atoms with Gasteiger partial charge in [0.15, 0.2) is 0 Å². The van der Waals surface area contributed by atoms with Crippen LogP contribution in [0.4, 0.5) is 0 Å². The summed E-state index contributed by atoms with van der Waals surface area (Å²) in [6.45, 7) is 4.20. The van der Waals surface area contributed by atoms with Crippen molar-refractivity contribution in [2.45, 2.75) is 26.4 Å². The zero-order valence-corrected chi connectivity index (χ0v) is 14.5. The van der Waals surface area contributed by atoms with Gasteiger partial charge in [-0.2, -0.15) is 0 Å². The highest BCUT2D eigenvalue weighted by molar-refractivity contribution is 6.30. The molecule has 1 aromatic heterocycles. The van der Waals surface area contributed by atoms with Crippen LogP contribution < -0.4 is 15.4 Å². The van der Waals surface area contributed by atoms with Gasteiger partial charge in [-0.3, -0.25) is 9.78 Å². The zero-order chi connectivity index (χ0) is 17.1. The van der Waals surface area contributed by atoms with Crippen LogP contribution in [0.25, 0.3) is 0 Å². The van der Waals surface area contributed by atoms with E-state index in [0.717, 1.165) is 30.8 Å². The Labute approximate surface area is 146 Å². The van der Waals surface area contributed by atoms with E-state index >= 15 is 0 Å². The second-order valence-electron chi connectivity index (χ2n) is 5.78. The number of benzene rings is 1. The molecule has 24 heavy (non-hydrogen) atoms. The molecule has 0 radical (unpaired) electrons. The predicted molar refractivity (Wildman–Crippen MR) is 93.6 cm³/mol. The van der Waals surface area contributed by atoms with Gasteiger partial charge in [-0.15, -0.1) is 0 Å². The molecule has 1 aliphatic rings. The lowest BCUT2D eigenvalue weighted by molar-refractivity contribution is 0.0947. The third-order valence-corrected chi connectivity index (χ3v) is 4.54. The van der Waals surface area contributed by atoms with Crippen molar-refractivity contribution < 1.29 is 9.53 Å². The topological polar surface area (TPSA) is 63.2 Å². The molecule has 126 valence electrons. The maximum Gasteiger partial charge on any atom is 0.255 e. The summed E-state index contributed by atoms with van der Waals surface area (Å²) in [7, 11) is 1.52. The number of nitrogens with zero attached hydrogens (tertiary/aromatic N) is 1. The summed E-state index contributed by atoms with van der Waals surface area (Å²) in [6.07, 6.45) is 2.87. The molecule has 0 saturated carbocycles. The summed E-state index contributed by atoms with van der Waals surface area (Å²) in [5.74, 6) is 0.281. The molecule has 0 saturated heterocycles. The van der Waals surface area contributed by atoms with Crippen LogP contribution in [-0.2, 0) is 19.5 Å². The largest absolute Gasteiger partial charge is 0.496 e. The molecule has 0 atom stereocenters. The minimum Gasteiger partial charge on any atom is -0.496 e. The molecule has 0 aliphatic carbocycles. The molecule has 5 nitrogen and oxygen atoms in total. The number of pyridine rings is 1. The average molecular weight is 346 g/mol. The number of fused-ring (bicyclic) bond motifs is 1. The molecule has 0 spiro atoms. The fraction of sp³-hybridized carbons (Fsp3) is 0.333. The standard InChI is InChI=1S/C18H20ClN3O2/c1-11-16(14-5-6-20-8-12(14)9-21-11)10-22-18(23)15-4-3-13(19)7-17(15)24-2/h3-4,7,9,20H,5-6,8,10H2,1-2H3,(H,22,23). The van der Waals surface area contributed by atoms with E-state index in [-0.39, 0.29) is 5.91 Å². The number of hydrogen-bond donors (Lipinski definition) is 2. The van der Waals surface area contributed by atoms with E-state index in [1.165, 1.54) is 18.2 Å². The molecule has 0 fully saturated rings. The van der Waals surface area contributed by atoms with Crippen LogP contribution in [0.1, 0.15) is 32.7 Å². The molecule has 0 unspecified atom stereocenters. The summed E-state index contributed by atoms with van der Waals surface area (Å²) < 4.78 is 5.25. The van der Waals surface area contributed by atoms with E-state index in [2.05, 4.69) is 15.6 Å². The average Bonchev–Trinajstić information content (AvgIpc) is 2.60. The van der Waals surface area contributed by atoms with Crippen LogP contribution >= 0.6 is 11.6 Å². The van der Waals surface area contributed by atoms with Gasteiger partial charge in [-0.1, -0.05) is 11.6 Å². The Morgan fingerprint density at radius 2 is 2.29 bits per heavy atom. The number of amides is 1. The van der Waals surface area contributed by atoms with E-state index in [0.29, 0.717) is 22.9 Å². The van der Waals surface area contributed by atoms with Crippen LogP contribution in [0, 0.1) is 6.92 Å². The Morgan fingerprint density at radius 1 is 1.46 bits per heavy atom. The number of hydrogen-bond acceptors (Lipinski definition) is 4. The molecule has 2 aromatic rings. The summed E-state index contributed by atoms with van der Waals surface area (Å²) in [4.78, 5) is 17.0. The third-order valence-electron chi connectivity index (χ3n) is 4.30. The van der Waals surface area contributed by atoms with Crippen LogP contribution in [0.2, 0.25) is 5.02 Å². The van der Waals surface area contributed by atoms with Crippen molar-refractivity contribution in [3.63, 3.8) is 0 Å². The van der Waals surface area contributed by atoms with Crippen molar-refractivity contribution in [3.05, 3.63) is 57.4 Å². The highest BCUT2D eigenvalue weighted by Gasteiger charge is 2.18. The van der Waals surface area contributed by atoms with E-state index in [9.17, 15) is 4.79 Å². The summed E-state index contributed by atoms with van der Waals surface area (Å²) in [6, 6.07) is 4.99. The summed E-state index contributed by atoms with van der Waals surface area (Å²) in [5.41, 5.74) is 5.04. The normalized spacial score (nSPS) is 13.3. The molecule has 2 heterocycles. The Kier molecular flexibility index (Phi) is 5.02. The minimum atomic E-state index is -0.186. The van der Waals surface area contributed by atoms with E-state index in [4.69, 9.17) is 16.3 Å². The van der Waals surface area contributed by atoms with Gasteiger partial charge >= 0.3 is 0 Å². The maximum absolute atomic E-state index is 12.5. The number of carbonyl (C=O) groups excluding carboxylic acids is 1. The number of aromatic nitrogens is 1. The Bertz CT molecular complexity index is 777. The number of halogens is 1. The first-order chi connectivity index (χ1) is 11.6. The number of ether oxygens (including phenoxy) is 1. The Hall–Kier alpha value is -2.11. The van der Waals surface area contributed by atoms with Crippen LogP contribution in [0.15, 0.2) is 24.4 Å². The predicted octanol–water partition coefficient (Wildman–Crippen LogP) is 2.63. The van der Waals surface area contributed by atoms with Gasteiger partial charge < -0.3 is 15.4 Å². The van der Waals surface area contributed by atoms with Crippen LogP contribution in [0.3, 0.4) is 0 Å². The van der Waals surface area contributed by atoms with Crippen molar-refractivity contribution in [1.29, 1.82) is 0 Å². The van der Waals surface area contributed by atoms with E-state index in [1.54, 1.807) is 18.2 Å². The van der Waals surface area contributed by atoms with Gasteiger partial charge in [0.2, 0.25) is 0 Å². The second kappa shape index (κ2) is 7.20. The molecule has 1 aromatic carbocycles. The summed E-state index contributed by atoms with van der Waals surface area (Å²) in [5, 5.41) is 6.86. The first-order valence-electron chi connectivity index (χ1n) is 7.89. The SMILES string of the molecule is COc1cc(Cl)ccc1C(=O)NCc1c(C)ncc2c1CCNC2. The highest BCUT2D eigenvalue weighted by atomic mass is 35.5. The third kappa shape index (κ3) is 3.37. The Balaban J connectivity index is 1.80. The highest BCUT2D eigenvalue weighted by Crippen LogP contribution is 2.24. The van der Waals surface area contributed by atoms with Crippen molar-refractivity contribution in [1.82, 2.24) is 15.6 Å². The van der Waals surface area contributed by atoms with Gasteiger partial charge in [0.1, 0.15) is 5.75 Å². The summed E-state index contributed by atoms with van der Waals surface area (Å²) >= 11 is 5.95. The lowest BCUT2D eigenvalue weighted by Gasteiger charge is -2.21. The minimum absolute atomic E-state index is 0.186. The molecule has 1 amide bonds. The molecule has 1 aliphatic heterocycles. The molecule has 3 rings (SSSR count). The van der Waals surface area contributed by atoms with Gasteiger partial charge in [0.25, 0.3) is 5.91 Å². The second-order valence-corrected chi connectivity index (χ2v) is 6.22. The first-order valence-corrected chi connectivity index (χ1v) is 8.26. The van der Waals surface area contributed by atoms with Gasteiger partial charge in [0, 0.05) is 30.0 Å². The monoisotopic (exact) mass is 345 g/mol. The zero-order valence-electron chi connectivity index (χ0n) is 13.8. The maximum atomic E-state index is 12.5. The number of nitrogens with one attached hydrogen (secondary N) is 2. The lowest BCUT2D eigenvalue weighted by atomic mass is 9.96. The van der Waals surface area contributed by atoms with Crippen molar-refractivity contribution in [2.75, 3.05) is 13.7 Å². The smallest absolute Gasteiger partial charge is 0.255 e. The van der Waals surface area contributed by atoms with Crippen molar-refractivity contribution in [2.24, 2.45) is 0 Å². The fourth-order valence-electron chi connectivity index (χ4n) is 2.99. The molecule has 0 bridgehead atoms. The molecule has 6 heteroatoms. The fourth-order valence-corrected chi connectivity index (χ4v) is 3.16. The van der Waals surface area contributed by atoms with Gasteiger partial charge in [-0.25, -0.2) is 0 Å². The molecular formula is C18H20ClN3O2. The van der Waals surface area contributed by atoms with Crippen molar-refractivity contribution in [3.8, 4) is 5.75 Å². The quantitative estimate of drug-likeness (QED) is 0.894. The molecular weight excluding hydrogens is 326 g/mol.